The second kappa shape index (κ2) is 2.61. The molecule has 0 rings (SSSR count). The van der Waals surface area contributed by atoms with E-state index in [4.69, 9.17) is 10.8 Å². The third kappa shape index (κ3) is 1.88. The van der Waals surface area contributed by atoms with E-state index >= 15 is 0 Å². The molecule has 0 aliphatic rings. The van der Waals surface area contributed by atoms with Crippen molar-refractivity contribution in [3.8, 4) is 0 Å². The second-order valence-electron chi connectivity index (χ2n) is 1.32. The first-order chi connectivity index (χ1) is 3.55. The maximum Gasteiger partial charge on any atom is 0.322 e. The second-order valence-corrected chi connectivity index (χ2v) is 1.83. The molecule has 0 aliphatic heterocycles. The fourth-order valence-corrected chi connectivity index (χ4v) is 0.159. The third-order valence-corrected chi connectivity index (χ3v) is 1.14. The number of nitrogens with two attached hydrogens (primary N) is 1. The highest BCUT2D eigenvalue weighted by molar-refractivity contribution is 7.82. The van der Waals surface area contributed by atoms with E-state index in [2.05, 4.69) is 19.2 Å². The van der Waals surface area contributed by atoms with Crippen LogP contribution in [0.5, 0.6) is 0 Å². The van der Waals surface area contributed by atoms with Crippen LogP contribution in [0.4, 0.5) is 0 Å². The van der Waals surface area contributed by atoms with E-state index in [-0.39, 0.29) is 5.70 Å². The molecule has 4 heteroatoms. The van der Waals surface area contributed by atoms with Gasteiger partial charge in [-0.2, -0.15) is 12.6 Å². The maximum atomic E-state index is 9.92. The van der Waals surface area contributed by atoms with Crippen molar-refractivity contribution in [2.75, 3.05) is 0 Å². The molecule has 3 nitrogen and oxygen atoms in total. The lowest BCUT2D eigenvalue weighted by atomic mass is 10.3. The van der Waals surface area contributed by atoms with Crippen LogP contribution in [0.2, 0.25) is 0 Å². The van der Waals surface area contributed by atoms with Crippen molar-refractivity contribution in [2.24, 2.45) is 5.73 Å². The van der Waals surface area contributed by atoms with Crippen LogP contribution >= 0.6 is 12.6 Å². The van der Waals surface area contributed by atoms with Gasteiger partial charge in [0, 0.05) is 5.70 Å². The van der Waals surface area contributed by atoms with Crippen LogP contribution in [0.25, 0.3) is 0 Å². The minimum Gasteiger partial charge on any atom is -0.480 e. The highest BCUT2D eigenvalue weighted by atomic mass is 32.1. The van der Waals surface area contributed by atoms with E-state index in [1.807, 2.05) is 0 Å². The van der Waals surface area contributed by atoms with Gasteiger partial charge in [-0.05, 0) is 0 Å². The Balaban J connectivity index is 3.83. The summed E-state index contributed by atoms with van der Waals surface area (Å²) in [5.74, 6) is -1.07. The molecule has 8 heavy (non-hydrogen) atoms. The molecular formula is C4H7NO2S. The van der Waals surface area contributed by atoms with Gasteiger partial charge >= 0.3 is 5.97 Å². The molecule has 46 valence electrons. The van der Waals surface area contributed by atoms with E-state index in [0.29, 0.717) is 0 Å². The van der Waals surface area contributed by atoms with Gasteiger partial charge < -0.3 is 10.8 Å². The Hall–Kier alpha value is -0.640. The summed E-state index contributed by atoms with van der Waals surface area (Å²) in [6.07, 6.45) is 0. The van der Waals surface area contributed by atoms with Gasteiger partial charge in [-0.3, -0.25) is 4.79 Å². The SMILES string of the molecule is C=C(N)C(S)C(=O)O. The van der Waals surface area contributed by atoms with Crippen LogP contribution in [-0.4, -0.2) is 16.3 Å². The topological polar surface area (TPSA) is 63.3 Å². The van der Waals surface area contributed by atoms with Crippen molar-refractivity contribution in [2.45, 2.75) is 5.25 Å². The molecule has 0 saturated carbocycles. The zero-order valence-electron chi connectivity index (χ0n) is 4.16. The zero-order valence-corrected chi connectivity index (χ0v) is 5.06. The lowest BCUT2D eigenvalue weighted by Gasteiger charge is -2.00. The molecule has 0 aromatic carbocycles. The predicted molar refractivity (Wildman–Crippen MR) is 33.7 cm³/mol. The van der Waals surface area contributed by atoms with E-state index in [0.717, 1.165) is 0 Å². The smallest absolute Gasteiger partial charge is 0.322 e. The summed E-state index contributed by atoms with van der Waals surface area (Å²) >= 11 is 3.60. The number of hydrogen-bond donors (Lipinski definition) is 3. The van der Waals surface area contributed by atoms with Crippen LogP contribution in [0, 0.1) is 0 Å². The highest BCUT2D eigenvalue weighted by Crippen LogP contribution is 1.99. The van der Waals surface area contributed by atoms with Crippen molar-refractivity contribution < 1.29 is 9.90 Å². The Morgan fingerprint density at radius 3 is 2.25 bits per heavy atom. The van der Waals surface area contributed by atoms with Crippen molar-refractivity contribution >= 4 is 18.6 Å². The summed E-state index contributed by atoms with van der Waals surface area (Å²) in [6.45, 7) is 3.20. The van der Waals surface area contributed by atoms with Gasteiger partial charge in [-0.15, -0.1) is 0 Å². The van der Waals surface area contributed by atoms with Crippen molar-refractivity contribution in [3.05, 3.63) is 12.3 Å². The average molecular weight is 133 g/mol. The maximum absolute atomic E-state index is 9.92. The number of hydrogen-bond acceptors (Lipinski definition) is 3. The molecule has 1 atom stereocenters. The first-order valence-electron chi connectivity index (χ1n) is 1.91. The van der Waals surface area contributed by atoms with Crippen LogP contribution in [0.15, 0.2) is 12.3 Å². The van der Waals surface area contributed by atoms with Gasteiger partial charge in [0.05, 0.1) is 0 Å². The Bertz CT molecular complexity index is 109. The zero-order chi connectivity index (χ0) is 6.73. The summed E-state index contributed by atoms with van der Waals surface area (Å²) in [6, 6.07) is 0. The van der Waals surface area contributed by atoms with Crippen LogP contribution in [0.1, 0.15) is 0 Å². The number of rotatable bonds is 2. The number of aliphatic carboxylic acids is 1. The van der Waals surface area contributed by atoms with E-state index in [1.54, 1.807) is 0 Å². The average Bonchev–Trinajstić information content (AvgIpc) is 1.64. The van der Waals surface area contributed by atoms with Gasteiger partial charge in [-0.1, -0.05) is 6.58 Å². The predicted octanol–water partition coefficient (Wildman–Crippen LogP) is -0.158. The standard InChI is InChI=1S/C4H7NO2S/c1-2(5)3(8)4(6)7/h3,8H,1,5H2,(H,6,7). The third-order valence-electron chi connectivity index (χ3n) is 0.585. The van der Waals surface area contributed by atoms with E-state index in [1.165, 1.54) is 0 Å². The normalized spacial score (nSPS) is 12.6. The lowest BCUT2D eigenvalue weighted by molar-refractivity contribution is -0.135. The molecule has 0 amide bonds. The van der Waals surface area contributed by atoms with Crippen molar-refractivity contribution in [1.82, 2.24) is 0 Å². The summed E-state index contributed by atoms with van der Waals surface area (Å²) in [4.78, 5) is 9.92. The van der Waals surface area contributed by atoms with Crippen LogP contribution < -0.4 is 5.73 Å². The number of carboxylic acids is 1. The molecular weight excluding hydrogens is 126 g/mol. The van der Waals surface area contributed by atoms with Gasteiger partial charge in [0.2, 0.25) is 0 Å². The Labute approximate surface area is 52.6 Å². The van der Waals surface area contributed by atoms with Gasteiger partial charge in [0.25, 0.3) is 0 Å². The van der Waals surface area contributed by atoms with E-state index < -0.39 is 11.2 Å². The molecule has 0 fully saturated rings. The van der Waals surface area contributed by atoms with Crippen molar-refractivity contribution in [3.63, 3.8) is 0 Å². The molecule has 0 aromatic heterocycles. The Kier molecular flexibility index (Phi) is 2.41. The van der Waals surface area contributed by atoms with Crippen LogP contribution in [-0.2, 0) is 4.79 Å². The number of carboxylic acid groups (broad SMARTS) is 1. The molecule has 0 saturated heterocycles. The molecule has 0 aromatic rings. The van der Waals surface area contributed by atoms with Crippen LogP contribution in [0.3, 0.4) is 0 Å². The van der Waals surface area contributed by atoms with Crippen molar-refractivity contribution in [1.29, 1.82) is 0 Å². The molecule has 0 heterocycles. The summed E-state index contributed by atoms with van der Waals surface area (Å²) in [7, 11) is 0. The molecule has 0 aliphatic carbocycles. The summed E-state index contributed by atoms with van der Waals surface area (Å²) in [5.41, 5.74) is 5.04. The molecule has 0 spiro atoms. The first-order valence-corrected chi connectivity index (χ1v) is 2.42. The lowest BCUT2D eigenvalue weighted by Crippen LogP contribution is -2.20. The molecule has 1 unspecified atom stereocenters. The monoisotopic (exact) mass is 133 g/mol. The van der Waals surface area contributed by atoms with E-state index in [9.17, 15) is 4.79 Å². The Morgan fingerprint density at radius 2 is 2.25 bits per heavy atom. The van der Waals surface area contributed by atoms with Gasteiger partial charge in [0.1, 0.15) is 5.25 Å². The number of carbonyl (C=O) groups is 1. The highest BCUT2D eigenvalue weighted by Gasteiger charge is 2.11. The van der Waals surface area contributed by atoms with Gasteiger partial charge in [0.15, 0.2) is 0 Å². The fourth-order valence-electron chi connectivity index (χ4n) is 0.159. The Morgan fingerprint density at radius 1 is 1.88 bits per heavy atom. The summed E-state index contributed by atoms with van der Waals surface area (Å²) < 4.78 is 0. The fraction of sp³-hybridized carbons (Fsp3) is 0.250. The largest absolute Gasteiger partial charge is 0.480 e. The molecule has 3 N–H and O–H groups in total. The number of thiol groups is 1. The quantitative estimate of drug-likeness (QED) is 0.459. The summed E-state index contributed by atoms with van der Waals surface area (Å²) in [5, 5.41) is 7.20. The molecule has 0 radical (unpaired) electrons. The molecule has 0 bridgehead atoms. The first kappa shape index (κ1) is 7.36. The van der Waals surface area contributed by atoms with Gasteiger partial charge in [-0.25, -0.2) is 0 Å². The minimum absolute atomic E-state index is 0.0563. The minimum atomic E-state index is -1.07.